The van der Waals surface area contributed by atoms with Gasteiger partial charge >= 0.3 is 0 Å². The highest BCUT2D eigenvalue weighted by atomic mass is 35.5. The van der Waals surface area contributed by atoms with Crippen molar-refractivity contribution >= 4 is 17.5 Å². The van der Waals surface area contributed by atoms with Crippen LogP contribution in [-0.4, -0.2) is 46.7 Å². The molecule has 2 saturated heterocycles. The SMILES string of the molecule is O=C1NCCCN2CC[C@H](c3ccc(Cl)nn3)[C@H]12. The van der Waals surface area contributed by atoms with Crippen molar-refractivity contribution in [2.24, 2.45) is 0 Å². The third-order valence-corrected chi connectivity index (χ3v) is 3.93. The van der Waals surface area contributed by atoms with Crippen molar-refractivity contribution in [3.63, 3.8) is 0 Å². The van der Waals surface area contributed by atoms with Crippen LogP contribution in [0.15, 0.2) is 12.1 Å². The zero-order chi connectivity index (χ0) is 12.5. The van der Waals surface area contributed by atoms with Gasteiger partial charge in [-0.05, 0) is 31.5 Å². The number of nitrogens with zero attached hydrogens (tertiary/aromatic N) is 3. The summed E-state index contributed by atoms with van der Waals surface area (Å²) in [6, 6.07) is 3.52. The molecular formula is C12H15ClN4O. The summed E-state index contributed by atoms with van der Waals surface area (Å²) in [7, 11) is 0. The van der Waals surface area contributed by atoms with Gasteiger partial charge in [-0.2, -0.15) is 5.10 Å². The van der Waals surface area contributed by atoms with Gasteiger partial charge in [0, 0.05) is 19.0 Å². The minimum absolute atomic E-state index is 0.0945. The van der Waals surface area contributed by atoms with E-state index in [0.717, 1.165) is 38.2 Å². The van der Waals surface area contributed by atoms with Crippen molar-refractivity contribution < 1.29 is 4.79 Å². The first-order valence-electron chi connectivity index (χ1n) is 6.26. The van der Waals surface area contributed by atoms with Crippen molar-refractivity contribution in [2.75, 3.05) is 19.6 Å². The second-order valence-corrected chi connectivity index (χ2v) is 5.19. The lowest BCUT2D eigenvalue weighted by Crippen LogP contribution is -2.42. The molecule has 3 rings (SSSR count). The van der Waals surface area contributed by atoms with Crippen LogP contribution in [0.5, 0.6) is 0 Å². The van der Waals surface area contributed by atoms with E-state index in [0.29, 0.717) is 5.15 Å². The van der Waals surface area contributed by atoms with Crippen LogP contribution < -0.4 is 5.32 Å². The average molecular weight is 267 g/mol. The fourth-order valence-electron chi connectivity index (χ4n) is 2.89. The van der Waals surface area contributed by atoms with Crippen molar-refractivity contribution in [1.29, 1.82) is 0 Å². The first-order valence-corrected chi connectivity index (χ1v) is 6.64. The Kier molecular flexibility index (Phi) is 3.18. The first-order chi connectivity index (χ1) is 8.75. The van der Waals surface area contributed by atoms with E-state index in [9.17, 15) is 4.79 Å². The molecule has 1 N–H and O–H groups in total. The van der Waals surface area contributed by atoms with Crippen molar-refractivity contribution in [1.82, 2.24) is 20.4 Å². The van der Waals surface area contributed by atoms with Crippen molar-refractivity contribution in [3.8, 4) is 0 Å². The van der Waals surface area contributed by atoms with E-state index < -0.39 is 0 Å². The lowest BCUT2D eigenvalue weighted by molar-refractivity contribution is -0.125. The summed E-state index contributed by atoms with van der Waals surface area (Å²) in [5.74, 6) is 0.250. The van der Waals surface area contributed by atoms with Gasteiger partial charge in [0.15, 0.2) is 5.15 Å². The second-order valence-electron chi connectivity index (χ2n) is 4.80. The second kappa shape index (κ2) is 4.82. The van der Waals surface area contributed by atoms with E-state index in [1.54, 1.807) is 6.07 Å². The van der Waals surface area contributed by atoms with E-state index in [2.05, 4.69) is 20.4 Å². The summed E-state index contributed by atoms with van der Waals surface area (Å²) in [5, 5.41) is 11.4. The molecule has 2 fully saturated rings. The molecule has 2 aliphatic heterocycles. The van der Waals surface area contributed by atoms with Gasteiger partial charge in [0.05, 0.1) is 11.7 Å². The molecule has 0 bridgehead atoms. The number of nitrogens with one attached hydrogen (secondary N) is 1. The minimum Gasteiger partial charge on any atom is -0.355 e. The highest BCUT2D eigenvalue weighted by molar-refractivity contribution is 6.29. The third kappa shape index (κ3) is 2.08. The Hall–Kier alpha value is -1.20. The highest BCUT2D eigenvalue weighted by Gasteiger charge is 2.41. The molecule has 96 valence electrons. The lowest BCUT2D eigenvalue weighted by atomic mass is 9.95. The number of hydrogen-bond acceptors (Lipinski definition) is 4. The molecule has 0 saturated carbocycles. The summed E-state index contributed by atoms with van der Waals surface area (Å²) in [6.07, 6.45) is 1.97. The van der Waals surface area contributed by atoms with Gasteiger partial charge in [-0.1, -0.05) is 11.6 Å². The lowest BCUT2D eigenvalue weighted by Gasteiger charge is -2.23. The maximum Gasteiger partial charge on any atom is 0.238 e. The zero-order valence-corrected chi connectivity index (χ0v) is 10.7. The van der Waals surface area contributed by atoms with Crippen LogP contribution in [-0.2, 0) is 4.79 Å². The first kappa shape index (κ1) is 11.9. The van der Waals surface area contributed by atoms with Crippen LogP contribution in [0.4, 0.5) is 0 Å². The Bertz CT molecular complexity index is 450. The minimum atomic E-state index is -0.0945. The average Bonchev–Trinajstić information content (AvgIpc) is 2.71. The van der Waals surface area contributed by atoms with E-state index in [-0.39, 0.29) is 17.9 Å². The molecule has 1 aromatic heterocycles. The third-order valence-electron chi connectivity index (χ3n) is 3.72. The summed E-state index contributed by atoms with van der Waals surface area (Å²) < 4.78 is 0. The molecule has 6 heteroatoms. The molecule has 0 radical (unpaired) electrons. The monoisotopic (exact) mass is 266 g/mol. The number of rotatable bonds is 1. The van der Waals surface area contributed by atoms with Crippen molar-refractivity contribution in [3.05, 3.63) is 23.0 Å². The number of aromatic nitrogens is 2. The van der Waals surface area contributed by atoms with E-state index in [4.69, 9.17) is 11.6 Å². The molecule has 18 heavy (non-hydrogen) atoms. The van der Waals surface area contributed by atoms with Crippen LogP contribution in [0, 0.1) is 0 Å². The number of hydrogen-bond donors (Lipinski definition) is 1. The van der Waals surface area contributed by atoms with Crippen LogP contribution in [0.1, 0.15) is 24.5 Å². The molecule has 0 spiro atoms. The summed E-state index contributed by atoms with van der Waals surface area (Å²) >= 11 is 5.75. The summed E-state index contributed by atoms with van der Waals surface area (Å²) in [6.45, 7) is 2.69. The quantitative estimate of drug-likeness (QED) is 0.817. The van der Waals surface area contributed by atoms with Gasteiger partial charge in [0.25, 0.3) is 0 Å². The number of fused-ring (bicyclic) bond motifs is 1. The fraction of sp³-hybridized carbons (Fsp3) is 0.583. The van der Waals surface area contributed by atoms with Crippen LogP contribution in [0.2, 0.25) is 5.15 Å². The topological polar surface area (TPSA) is 58.1 Å². The Morgan fingerprint density at radius 3 is 3.00 bits per heavy atom. The Morgan fingerprint density at radius 1 is 1.33 bits per heavy atom. The Balaban J connectivity index is 1.88. The Morgan fingerprint density at radius 2 is 2.22 bits per heavy atom. The van der Waals surface area contributed by atoms with Gasteiger partial charge < -0.3 is 5.32 Å². The molecule has 3 heterocycles. The molecule has 1 amide bonds. The van der Waals surface area contributed by atoms with E-state index in [1.807, 2.05) is 6.07 Å². The molecular weight excluding hydrogens is 252 g/mol. The maximum absolute atomic E-state index is 12.1. The Labute approximate surface area is 111 Å². The van der Waals surface area contributed by atoms with Gasteiger partial charge in [0.2, 0.25) is 5.91 Å². The summed E-state index contributed by atoms with van der Waals surface area (Å²) in [5.41, 5.74) is 0.865. The molecule has 0 aliphatic carbocycles. The highest BCUT2D eigenvalue weighted by Crippen LogP contribution is 2.33. The van der Waals surface area contributed by atoms with Gasteiger partial charge in [-0.3, -0.25) is 9.69 Å². The van der Waals surface area contributed by atoms with Crippen LogP contribution in [0.3, 0.4) is 0 Å². The number of amides is 1. The molecule has 5 nitrogen and oxygen atoms in total. The van der Waals surface area contributed by atoms with Crippen molar-refractivity contribution in [2.45, 2.75) is 24.8 Å². The number of carbonyl (C=O) groups is 1. The summed E-state index contributed by atoms with van der Waals surface area (Å²) in [4.78, 5) is 14.4. The predicted octanol–water partition coefficient (Wildman–Crippen LogP) is 0.808. The van der Waals surface area contributed by atoms with E-state index in [1.165, 1.54) is 0 Å². The zero-order valence-electron chi connectivity index (χ0n) is 9.97. The number of carbonyl (C=O) groups excluding carboxylic acids is 1. The molecule has 2 aliphatic rings. The maximum atomic E-state index is 12.1. The molecule has 1 aromatic rings. The van der Waals surface area contributed by atoms with Crippen LogP contribution in [0.25, 0.3) is 0 Å². The normalized spacial score (nSPS) is 28.6. The van der Waals surface area contributed by atoms with Gasteiger partial charge in [0.1, 0.15) is 0 Å². The number of halogens is 1. The van der Waals surface area contributed by atoms with Gasteiger partial charge in [-0.25, -0.2) is 0 Å². The molecule has 2 atom stereocenters. The largest absolute Gasteiger partial charge is 0.355 e. The standard InChI is InChI=1S/C12H15ClN4O/c13-10-3-2-9(15-16-10)8-4-7-17-6-1-5-14-12(18)11(8)17/h2-3,8,11H,1,4-7H2,(H,14,18)/t8-,11-/m1/s1. The van der Waals surface area contributed by atoms with Crippen LogP contribution >= 0.6 is 11.6 Å². The molecule has 0 aromatic carbocycles. The predicted molar refractivity (Wildman–Crippen MR) is 67.4 cm³/mol. The fourth-order valence-corrected chi connectivity index (χ4v) is 2.99. The molecule has 0 unspecified atom stereocenters. The smallest absolute Gasteiger partial charge is 0.238 e. The van der Waals surface area contributed by atoms with E-state index >= 15 is 0 Å². The van der Waals surface area contributed by atoms with Gasteiger partial charge in [-0.15, -0.1) is 5.10 Å².